The Morgan fingerprint density at radius 3 is 2.67 bits per heavy atom. The summed E-state index contributed by atoms with van der Waals surface area (Å²) in [5, 5.41) is 5.73. The van der Waals surface area contributed by atoms with E-state index >= 15 is 0 Å². The zero-order valence-corrected chi connectivity index (χ0v) is 16.1. The molecule has 0 aromatic heterocycles. The van der Waals surface area contributed by atoms with Gasteiger partial charge in [-0.15, -0.1) is 0 Å². The molecule has 1 heterocycles. The minimum Gasteiger partial charge on any atom is -0.352 e. The molecule has 0 unspecified atom stereocenters. The molecule has 1 saturated heterocycles. The molecule has 6 nitrogen and oxygen atoms in total. The molecule has 2 N–H and O–H groups in total. The van der Waals surface area contributed by atoms with Crippen molar-refractivity contribution in [3.05, 3.63) is 35.9 Å². The van der Waals surface area contributed by atoms with Crippen molar-refractivity contribution in [1.29, 1.82) is 0 Å². The van der Waals surface area contributed by atoms with Crippen LogP contribution in [0.25, 0.3) is 0 Å². The second-order valence-electron chi connectivity index (χ2n) is 7.89. The van der Waals surface area contributed by atoms with Crippen LogP contribution in [0.3, 0.4) is 0 Å². The molecule has 4 atom stereocenters. The molecular formula is C21H29N3O3. The zero-order chi connectivity index (χ0) is 19.4. The lowest BCUT2D eigenvalue weighted by Gasteiger charge is -2.34. The van der Waals surface area contributed by atoms with Crippen molar-refractivity contribution in [2.75, 3.05) is 6.54 Å². The van der Waals surface area contributed by atoms with Crippen molar-refractivity contribution in [1.82, 2.24) is 15.5 Å². The quantitative estimate of drug-likeness (QED) is 0.754. The van der Waals surface area contributed by atoms with Gasteiger partial charge in [0.15, 0.2) is 0 Å². The highest BCUT2D eigenvalue weighted by Gasteiger charge is 2.39. The third-order valence-electron chi connectivity index (χ3n) is 6.03. The van der Waals surface area contributed by atoms with Crippen LogP contribution in [0.15, 0.2) is 30.3 Å². The van der Waals surface area contributed by atoms with Crippen molar-refractivity contribution in [3.8, 4) is 0 Å². The summed E-state index contributed by atoms with van der Waals surface area (Å²) in [6.07, 6.45) is 4.47. The van der Waals surface area contributed by atoms with Crippen molar-refractivity contribution in [2.24, 2.45) is 11.8 Å². The summed E-state index contributed by atoms with van der Waals surface area (Å²) in [7, 11) is 0. The predicted octanol–water partition coefficient (Wildman–Crippen LogP) is 2.48. The van der Waals surface area contributed by atoms with Crippen LogP contribution in [-0.2, 0) is 16.0 Å². The normalized spacial score (nSPS) is 28.1. The van der Waals surface area contributed by atoms with Crippen molar-refractivity contribution < 1.29 is 14.4 Å². The van der Waals surface area contributed by atoms with E-state index in [-0.39, 0.29) is 24.4 Å². The third-order valence-corrected chi connectivity index (χ3v) is 6.03. The predicted molar refractivity (Wildman–Crippen MR) is 103 cm³/mol. The monoisotopic (exact) mass is 371 g/mol. The second kappa shape index (κ2) is 8.55. The van der Waals surface area contributed by atoms with Gasteiger partial charge in [-0.1, -0.05) is 57.0 Å². The van der Waals surface area contributed by atoms with Gasteiger partial charge in [0.05, 0.1) is 0 Å². The topological polar surface area (TPSA) is 78.5 Å². The number of rotatable bonds is 6. The van der Waals surface area contributed by atoms with Crippen LogP contribution >= 0.6 is 0 Å². The van der Waals surface area contributed by atoms with Gasteiger partial charge in [-0.3, -0.25) is 14.5 Å². The first-order chi connectivity index (χ1) is 13.0. The minimum absolute atomic E-state index is 0.121. The standard InChI is InChI=1S/C21H29N3O3/c1-14-7-6-10-17(15(14)2)22-19(25)13-24-20(26)18(23-21(24)27)12-11-16-8-4-3-5-9-16/h3-5,8-9,14-15,17-18H,6-7,10-13H2,1-2H3,(H,22,25)(H,23,27)/t14-,15+,17+,18+/m1/s1. The van der Waals surface area contributed by atoms with Gasteiger partial charge in [0.1, 0.15) is 12.6 Å². The third kappa shape index (κ3) is 4.67. The Balaban J connectivity index is 1.51. The van der Waals surface area contributed by atoms with Crippen molar-refractivity contribution >= 4 is 17.8 Å². The van der Waals surface area contributed by atoms with E-state index in [1.165, 1.54) is 6.42 Å². The second-order valence-corrected chi connectivity index (χ2v) is 7.89. The Labute approximate surface area is 160 Å². The summed E-state index contributed by atoms with van der Waals surface area (Å²) in [6.45, 7) is 4.16. The molecule has 4 amide bonds. The molecule has 6 heteroatoms. The van der Waals surface area contributed by atoms with Crippen LogP contribution in [0.2, 0.25) is 0 Å². The maximum atomic E-state index is 12.5. The molecular weight excluding hydrogens is 342 g/mol. The average Bonchev–Trinajstić information content (AvgIpc) is 2.92. The zero-order valence-electron chi connectivity index (χ0n) is 16.1. The van der Waals surface area contributed by atoms with Crippen molar-refractivity contribution in [3.63, 3.8) is 0 Å². The lowest BCUT2D eigenvalue weighted by Crippen LogP contribution is -2.48. The Hall–Kier alpha value is -2.37. The maximum Gasteiger partial charge on any atom is 0.325 e. The molecule has 0 bridgehead atoms. The van der Waals surface area contributed by atoms with E-state index in [4.69, 9.17) is 0 Å². The molecule has 1 aliphatic carbocycles. The molecule has 2 aliphatic rings. The molecule has 2 fully saturated rings. The highest BCUT2D eigenvalue weighted by atomic mass is 16.2. The SMILES string of the molecule is C[C@H]1[C@H](C)CCC[C@@H]1NC(=O)CN1C(=O)N[C@@H](CCc2ccccc2)C1=O. The lowest BCUT2D eigenvalue weighted by molar-refractivity contribution is -0.132. The summed E-state index contributed by atoms with van der Waals surface area (Å²) in [4.78, 5) is 38.2. The Bertz CT molecular complexity index is 691. The number of nitrogens with zero attached hydrogens (tertiary/aromatic N) is 1. The summed E-state index contributed by atoms with van der Waals surface area (Å²) in [6, 6.07) is 8.94. The number of hydrogen-bond donors (Lipinski definition) is 2. The Morgan fingerprint density at radius 2 is 1.93 bits per heavy atom. The molecule has 1 aromatic rings. The Morgan fingerprint density at radius 1 is 1.19 bits per heavy atom. The van der Waals surface area contributed by atoms with Crippen molar-refractivity contribution in [2.45, 2.75) is 58.0 Å². The fourth-order valence-electron chi connectivity index (χ4n) is 4.06. The number of carbonyl (C=O) groups is 3. The molecule has 146 valence electrons. The maximum absolute atomic E-state index is 12.5. The highest BCUT2D eigenvalue weighted by molar-refractivity contribution is 6.06. The van der Waals surface area contributed by atoms with Crippen LogP contribution in [0.5, 0.6) is 0 Å². The van der Waals surface area contributed by atoms with E-state index in [0.29, 0.717) is 24.7 Å². The fraction of sp³-hybridized carbons (Fsp3) is 0.571. The number of carbonyl (C=O) groups excluding carboxylic acids is 3. The molecule has 0 radical (unpaired) electrons. The van der Waals surface area contributed by atoms with E-state index < -0.39 is 12.1 Å². The summed E-state index contributed by atoms with van der Waals surface area (Å²) >= 11 is 0. The van der Waals surface area contributed by atoms with Gasteiger partial charge < -0.3 is 10.6 Å². The molecule has 3 rings (SSSR count). The highest BCUT2D eigenvalue weighted by Crippen LogP contribution is 2.29. The number of benzene rings is 1. The first kappa shape index (κ1) is 19.4. The van der Waals surface area contributed by atoms with Crippen LogP contribution in [0, 0.1) is 11.8 Å². The first-order valence-electron chi connectivity index (χ1n) is 9.91. The van der Waals surface area contributed by atoms with Crippen LogP contribution in [0.1, 0.15) is 45.1 Å². The first-order valence-corrected chi connectivity index (χ1v) is 9.91. The number of amides is 4. The van der Waals surface area contributed by atoms with Gasteiger partial charge in [-0.25, -0.2) is 4.79 Å². The Kier molecular flexibility index (Phi) is 6.14. The number of aryl methyl sites for hydroxylation is 1. The number of imide groups is 1. The number of urea groups is 1. The average molecular weight is 371 g/mol. The summed E-state index contributed by atoms with van der Waals surface area (Å²) in [5.41, 5.74) is 1.12. The van der Waals surface area contributed by atoms with E-state index in [1.54, 1.807) is 0 Å². The van der Waals surface area contributed by atoms with E-state index in [0.717, 1.165) is 23.3 Å². The van der Waals surface area contributed by atoms with Crippen LogP contribution < -0.4 is 10.6 Å². The van der Waals surface area contributed by atoms with Gasteiger partial charge in [-0.2, -0.15) is 0 Å². The largest absolute Gasteiger partial charge is 0.352 e. The number of nitrogens with one attached hydrogen (secondary N) is 2. The molecule has 1 aliphatic heterocycles. The molecule has 0 spiro atoms. The smallest absolute Gasteiger partial charge is 0.325 e. The van der Waals surface area contributed by atoms with Gasteiger partial charge in [0.2, 0.25) is 5.91 Å². The van der Waals surface area contributed by atoms with E-state index in [1.807, 2.05) is 30.3 Å². The van der Waals surface area contributed by atoms with Crippen LogP contribution in [-0.4, -0.2) is 41.4 Å². The number of hydrogen-bond acceptors (Lipinski definition) is 3. The van der Waals surface area contributed by atoms with Gasteiger partial charge >= 0.3 is 6.03 Å². The molecule has 1 saturated carbocycles. The van der Waals surface area contributed by atoms with E-state index in [9.17, 15) is 14.4 Å². The molecule has 27 heavy (non-hydrogen) atoms. The fourth-order valence-corrected chi connectivity index (χ4v) is 4.06. The van der Waals surface area contributed by atoms with Gasteiger partial charge in [0, 0.05) is 6.04 Å². The van der Waals surface area contributed by atoms with Gasteiger partial charge in [-0.05, 0) is 36.7 Å². The lowest BCUT2D eigenvalue weighted by atomic mass is 9.78. The minimum atomic E-state index is -0.556. The summed E-state index contributed by atoms with van der Waals surface area (Å²) < 4.78 is 0. The molecule has 1 aromatic carbocycles. The van der Waals surface area contributed by atoms with Gasteiger partial charge in [0.25, 0.3) is 5.91 Å². The van der Waals surface area contributed by atoms with Crippen LogP contribution in [0.4, 0.5) is 4.79 Å². The summed E-state index contributed by atoms with van der Waals surface area (Å²) in [5.74, 6) is 0.414. The van der Waals surface area contributed by atoms with E-state index in [2.05, 4.69) is 24.5 Å².